The molecule has 5 nitrogen and oxygen atoms in total. The molecule has 100 valence electrons. The monoisotopic (exact) mass is 302 g/mol. The lowest BCUT2D eigenvalue weighted by Gasteiger charge is -2.08. The molecule has 0 spiro atoms. The van der Waals surface area contributed by atoms with E-state index in [9.17, 15) is 17.6 Å². The molecule has 0 aliphatic carbocycles. The van der Waals surface area contributed by atoms with Gasteiger partial charge in [0.15, 0.2) is 0 Å². The summed E-state index contributed by atoms with van der Waals surface area (Å²) in [7, 11) is -3.86. The number of pyridine rings is 1. The Balaban J connectivity index is 2.33. The summed E-state index contributed by atoms with van der Waals surface area (Å²) in [6.45, 7) is 0. The molecule has 0 unspecified atom stereocenters. The van der Waals surface area contributed by atoms with E-state index in [1.54, 1.807) is 0 Å². The van der Waals surface area contributed by atoms with Crippen LogP contribution in [0.2, 0.25) is 5.02 Å². The maximum absolute atomic E-state index is 13.0. The highest BCUT2D eigenvalue weighted by Crippen LogP contribution is 2.21. The van der Waals surface area contributed by atoms with Crippen LogP contribution in [0.4, 0.5) is 10.1 Å². The average Bonchev–Trinajstić information content (AvgIpc) is 2.34. The largest absolute Gasteiger partial charge is 0.328 e. The van der Waals surface area contributed by atoms with Crippen molar-refractivity contribution in [3.05, 3.63) is 57.7 Å². The Morgan fingerprint density at radius 2 is 1.95 bits per heavy atom. The quantitative estimate of drug-likeness (QED) is 0.910. The van der Waals surface area contributed by atoms with E-state index in [2.05, 4.69) is 9.71 Å². The Morgan fingerprint density at radius 1 is 1.21 bits per heavy atom. The third-order valence-corrected chi connectivity index (χ3v) is 3.91. The van der Waals surface area contributed by atoms with E-state index >= 15 is 0 Å². The van der Waals surface area contributed by atoms with Gasteiger partial charge in [-0.3, -0.25) is 9.52 Å². The van der Waals surface area contributed by atoms with Crippen LogP contribution in [0.3, 0.4) is 0 Å². The summed E-state index contributed by atoms with van der Waals surface area (Å²) in [6, 6.07) is 5.69. The van der Waals surface area contributed by atoms with Crippen LogP contribution in [0.1, 0.15) is 0 Å². The second-order valence-corrected chi connectivity index (χ2v) is 5.71. The van der Waals surface area contributed by atoms with Crippen molar-refractivity contribution in [1.29, 1.82) is 0 Å². The van der Waals surface area contributed by atoms with Gasteiger partial charge in [-0.05, 0) is 24.3 Å². The van der Waals surface area contributed by atoms with Gasteiger partial charge in [0.05, 0.1) is 10.7 Å². The van der Waals surface area contributed by atoms with Crippen LogP contribution in [0, 0.1) is 5.82 Å². The van der Waals surface area contributed by atoms with Gasteiger partial charge in [-0.2, -0.15) is 0 Å². The molecule has 0 aliphatic rings. The number of rotatable bonds is 3. The van der Waals surface area contributed by atoms with Crippen molar-refractivity contribution in [2.24, 2.45) is 0 Å². The van der Waals surface area contributed by atoms with Crippen molar-refractivity contribution < 1.29 is 12.8 Å². The van der Waals surface area contributed by atoms with Crippen molar-refractivity contribution in [1.82, 2.24) is 4.98 Å². The number of sulfonamides is 1. The highest BCUT2D eigenvalue weighted by molar-refractivity contribution is 7.92. The second-order valence-electron chi connectivity index (χ2n) is 3.62. The van der Waals surface area contributed by atoms with Gasteiger partial charge >= 0.3 is 0 Å². The van der Waals surface area contributed by atoms with Crippen LogP contribution >= 0.6 is 11.6 Å². The molecule has 0 saturated heterocycles. The first kappa shape index (κ1) is 13.6. The van der Waals surface area contributed by atoms with Gasteiger partial charge in [-0.1, -0.05) is 11.6 Å². The third-order valence-electron chi connectivity index (χ3n) is 2.24. The minimum absolute atomic E-state index is 0.118. The highest BCUT2D eigenvalue weighted by Gasteiger charge is 2.14. The summed E-state index contributed by atoms with van der Waals surface area (Å²) in [5.74, 6) is -0.645. The van der Waals surface area contributed by atoms with E-state index in [0.717, 1.165) is 30.5 Å². The Bertz CT molecular complexity index is 753. The van der Waals surface area contributed by atoms with E-state index in [0.29, 0.717) is 0 Å². The molecule has 1 heterocycles. The fourth-order valence-corrected chi connectivity index (χ4v) is 2.53. The minimum atomic E-state index is -3.86. The predicted molar refractivity (Wildman–Crippen MR) is 69.3 cm³/mol. The molecule has 0 fully saturated rings. The molecule has 19 heavy (non-hydrogen) atoms. The summed E-state index contributed by atoms with van der Waals surface area (Å²) in [5.41, 5.74) is -0.290. The molecule has 2 rings (SSSR count). The fraction of sp³-hybridized carbons (Fsp3) is 0. The number of benzene rings is 1. The van der Waals surface area contributed by atoms with Crippen molar-refractivity contribution in [2.75, 3.05) is 4.72 Å². The topological polar surface area (TPSA) is 79.0 Å². The summed E-state index contributed by atoms with van der Waals surface area (Å²) in [4.78, 5) is 13.0. The van der Waals surface area contributed by atoms with Gasteiger partial charge in [-0.25, -0.2) is 12.8 Å². The summed E-state index contributed by atoms with van der Waals surface area (Å²) in [5, 5.41) is -0.193. The smallest absolute Gasteiger partial charge is 0.263 e. The zero-order valence-electron chi connectivity index (χ0n) is 9.35. The number of aromatic nitrogens is 1. The molecule has 8 heteroatoms. The maximum Gasteiger partial charge on any atom is 0.263 e. The molecule has 1 aromatic heterocycles. The van der Waals surface area contributed by atoms with E-state index < -0.39 is 21.4 Å². The van der Waals surface area contributed by atoms with Crippen LogP contribution in [-0.2, 0) is 10.0 Å². The van der Waals surface area contributed by atoms with Gasteiger partial charge in [0.25, 0.3) is 10.0 Å². The SMILES string of the molecule is O=c1ccc(S(=O)(=O)Nc2ccc(F)c(Cl)c2)c[nH]1. The summed E-state index contributed by atoms with van der Waals surface area (Å²) < 4.78 is 39.0. The Hall–Kier alpha value is -1.86. The van der Waals surface area contributed by atoms with Crippen LogP contribution in [-0.4, -0.2) is 13.4 Å². The predicted octanol–water partition coefficient (Wildman–Crippen LogP) is 1.97. The molecule has 0 atom stereocenters. The zero-order valence-corrected chi connectivity index (χ0v) is 10.9. The Kier molecular flexibility index (Phi) is 3.59. The van der Waals surface area contributed by atoms with Gasteiger partial charge < -0.3 is 4.98 Å². The van der Waals surface area contributed by atoms with Crippen LogP contribution in [0.5, 0.6) is 0 Å². The molecule has 2 aromatic rings. The molecule has 0 amide bonds. The van der Waals surface area contributed by atoms with E-state index in [1.807, 2.05) is 0 Å². The molecule has 2 N–H and O–H groups in total. The van der Waals surface area contributed by atoms with Crippen LogP contribution in [0.25, 0.3) is 0 Å². The first-order valence-corrected chi connectivity index (χ1v) is 6.91. The van der Waals surface area contributed by atoms with Crippen LogP contribution in [0.15, 0.2) is 46.2 Å². The number of aromatic amines is 1. The molecule has 1 aromatic carbocycles. The fourth-order valence-electron chi connectivity index (χ4n) is 1.34. The molecular formula is C11H8ClFN2O3S. The molecule has 0 radical (unpaired) electrons. The van der Waals surface area contributed by atoms with E-state index in [4.69, 9.17) is 11.6 Å². The van der Waals surface area contributed by atoms with E-state index in [-0.39, 0.29) is 15.6 Å². The Morgan fingerprint density at radius 3 is 2.53 bits per heavy atom. The number of anilines is 1. The normalized spacial score (nSPS) is 11.3. The Labute approximate surface area is 113 Å². The van der Waals surface area contributed by atoms with Gasteiger partial charge in [0, 0.05) is 12.3 Å². The summed E-state index contributed by atoms with van der Waals surface area (Å²) in [6.07, 6.45) is 1.07. The van der Waals surface area contributed by atoms with Crippen molar-refractivity contribution in [3.63, 3.8) is 0 Å². The van der Waals surface area contributed by atoms with Gasteiger partial charge in [0.1, 0.15) is 10.7 Å². The number of hydrogen-bond acceptors (Lipinski definition) is 3. The van der Waals surface area contributed by atoms with Gasteiger partial charge in [-0.15, -0.1) is 0 Å². The lowest BCUT2D eigenvalue weighted by molar-refractivity contribution is 0.600. The zero-order chi connectivity index (χ0) is 14.0. The lowest BCUT2D eigenvalue weighted by Crippen LogP contribution is -2.15. The van der Waals surface area contributed by atoms with Crippen LogP contribution < -0.4 is 10.3 Å². The summed E-state index contributed by atoms with van der Waals surface area (Å²) >= 11 is 5.55. The lowest BCUT2D eigenvalue weighted by atomic mass is 10.3. The first-order chi connectivity index (χ1) is 8.88. The van der Waals surface area contributed by atoms with Crippen molar-refractivity contribution in [2.45, 2.75) is 4.90 Å². The first-order valence-electron chi connectivity index (χ1n) is 5.05. The number of hydrogen-bond donors (Lipinski definition) is 2. The van der Waals surface area contributed by atoms with Crippen molar-refractivity contribution in [3.8, 4) is 0 Å². The number of halogens is 2. The third kappa shape index (κ3) is 3.12. The number of H-pyrrole nitrogens is 1. The van der Waals surface area contributed by atoms with E-state index in [1.165, 1.54) is 6.07 Å². The number of nitrogens with one attached hydrogen (secondary N) is 2. The van der Waals surface area contributed by atoms with Crippen molar-refractivity contribution >= 4 is 27.3 Å². The average molecular weight is 303 g/mol. The molecule has 0 saturated carbocycles. The molecular weight excluding hydrogens is 295 g/mol. The molecule has 0 bridgehead atoms. The minimum Gasteiger partial charge on any atom is -0.328 e. The second kappa shape index (κ2) is 5.02. The molecule has 0 aliphatic heterocycles. The standard InChI is InChI=1S/C11H8ClFN2O3S/c12-9-5-7(1-3-10(9)13)15-19(17,18)8-2-4-11(16)14-6-8/h1-6,15H,(H,14,16). The maximum atomic E-state index is 13.0. The van der Waals surface area contributed by atoms with Gasteiger partial charge in [0.2, 0.25) is 5.56 Å². The highest BCUT2D eigenvalue weighted by atomic mass is 35.5.